The van der Waals surface area contributed by atoms with Crippen LogP contribution in [0.3, 0.4) is 0 Å². The van der Waals surface area contributed by atoms with Crippen LogP contribution in [0.1, 0.15) is 25.7 Å². The summed E-state index contributed by atoms with van der Waals surface area (Å²) in [6.45, 7) is 0.886. The molecule has 1 aliphatic rings. The normalized spacial score (nSPS) is 16.3. The molecular formula is C16H24N2O4. The molecule has 0 bridgehead atoms. The number of ether oxygens (including phenoxy) is 3. The maximum absolute atomic E-state index is 12.3. The predicted molar refractivity (Wildman–Crippen MR) is 84.4 cm³/mol. The van der Waals surface area contributed by atoms with E-state index in [1.165, 1.54) is 0 Å². The highest BCUT2D eigenvalue weighted by Gasteiger charge is 2.37. The number of amides is 1. The number of benzene rings is 1. The second-order valence-corrected chi connectivity index (χ2v) is 5.52. The minimum atomic E-state index is -0.753. The van der Waals surface area contributed by atoms with Crippen molar-refractivity contribution < 1.29 is 19.0 Å². The maximum Gasteiger partial charge on any atom is 0.244 e. The average molecular weight is 308 g/mol. The van der Waals surface area contributed by atoms with Gasteiger partial charge in [-0.2, -0.15) is 0 Å². The van der Waals surface area contributed by atoms with Gasteiger partial charge in [0, 0.05) is 18.9 Å². The lowest BCUT2D eigenvalue weighted by molar-refractivity contribution is -0.121. The van der Waals surface area contributed by atoms with Crippen molar-refractivity contribution in [1.82, 2.24) is 0 Å². The summed E-state index contributed by atoms with van der Waals surface area (Å²) in [7, 11) is 3.18. The quantitative estimate of drug-likeness (QED) is 0.752. The number of nitrogens with two attached hydrogens (primary N) is 1. The predicted octanol–water partition coefficient (Wildman–Crippen LogP) is 1.93. The standard InChI is InChI=1S/C16H24N2O4/c1-20-9-10-22-14-11-12(5-6-13(14)21-2)18-15(19)16(17)7-3-4-8-16/h5-6,11H,3-4,7-10,17H2,1-2H3,(H,18,19). The van der Waals surface area contributed by atoms with Crippen molar-refractivity contribution in [2.45, 2.75) is 31.2 Å². The Morgan fingerprint density at radius 2 is 1.95 bits per heavy atom. The van der Waals surface area contributed by atoms with Crippen LogP contribution in [0, 0.1) is 0 Å². The molecule has 1 amide bonds. The summed E-state index contributed by atoms with van der Waals surface area (Å²) in [6, 6.07) is 5.28. The van der Waals surface area contributed by atoms with Gasteiger partial charge in [0.2, 0.25) is 5.91 Å². The Bertz CT molecular complexity index is 513. The summed E-state index contributed by atoms with van der Waals surface area (Å²) in [5.74, 6) is 1.03. The number of hydrogen-bond acceptors (Lipinski definition) is 5. The van der Waals surface area contributed by atoms with E-state index in [0.29, 0.717) is 30.4 Å². The summed E-state index contributed by atoms with van der Waals surface area (Å²) in [5, 5.41) is 2.88. The Labute approximate surface area is 130 Å². The van der Waals surface area contributed by atoms with Crippen molar-refractivity contribution in [3.8, 4) is 11.5 Å². The SMILES string of the molecule is COCCOc1cc(NC(=O)C2(N)CCCC2)ccc1OC. The summed E-state index contributed by atoms with van der Waals surface area (Å²) < 4.78 is 15.8. The van der Waals surface area contributed by atoms with E-state index in [1.54, 1.807) is 32.4 Å². The zero-order valence-corrected chi connectivity index (χ0v) is 13.2. The fourth-order valence-corrected chi connectivity index (χ4v) is 2.59. The van der Waals surface area contributed by atoms with Crippen LogP contribution >= 0.6 is 0 Å². The minimum absolute atomic E-state index is 0.141. The van der Waals surface area contributed by atoms with E-state index in [1.807, 2.05) is 0 Å². The van der Waals surface area contributed by atoms with Gasteiger partial charge in [0.1, 0.15) is 6.61 Å². The molecule has 0 atom stereocenters. The van der Waals surface area contributed by atoms with Crippen molar-refractivity contribution in [2.75, 3.05) is 32.8 Å². The molecule has 1 aromatic carbocycles. The van der Waals surface area contributed by atoms with Gasteiger partial charge >= 0.3 is 0 Å². The van der Waals surface area contributed by atoms with Gasteiger partial charge in [-0.1, -0.05) is 12.8 Å². The highest BCUT2D eigenvalue weighted by atomic mass is 16.5. The van der Waals surface area contributed by atoms with Crippen LogP contribution in [-0.4, -0.2) is 38.9 Å². The molecule has 0 saturated heterocycles. The van der Waals surface area contributed by atoms with Gasteiger partial charge < -0.3 is 25.3 Å². The van der Waals surface area contributed by atoms with Gasteiger partial charge in [0.15, 0.2) is 11.5 Å². The number of hydrogen-bond donors (Lipinski definition) is 2. The fraction of sp³-hybridized carbons (Fsp3) is 0.562. The topological polar surface area (TPSA) is 82.8 Å². The van der Waals surface area contributed by atoms with E-state index in [2.05, 4.69) is 5.32 Å². The first-order valence-electron chi connectivity index (χ1n) is 7.49. The summed E-state index contributed by atoms with van der Waals surface area (Å²) >= 11 is 0. The first kappa shape index (κ1) is 16.6. The molecule has 2 rings (SSSR count). The van der Waals surface area contributed by atoms with E-state index in [9.17, 15) is 4.79 Å². The van der Waals surface area contributed by atoms with Crippen LogP contribution in [0.5, 0.6) is 11.5 Å². The largest absolute Gasteiger partial charge is 0.493 e. The molecule has 0 spiro atoms. The third kappa shape index (κ3) is 3.90. The maximum atomic E-state index is 12.3. The van der Waals surface area contributed by atoms with Gasteiger partial charge in [0.05, 0.1) is 19.3 Å². The van der Waals surface area contributed by atoms with Crippen LogP contribution in [0.15, 0.2) is 18.2 Å². The Balaban J connectivity index is 2.07. The molecule has 0 unspecified atom stereocenters. The number of methoxy groups -OCH3 is 2. The van der Waals surface area contributed by atoms with Gasteiger partial charge in [-0.15, -0.1) is 0 Å². The van der Waals surface area contributed by atoms with Crippen molar-refractivity contribution in [3.05, 3.63) is 18.2 Å². The van der Waals surface area contributed by atoms with E-state index in [4.69, 9.17) is 19.9 Å². The molecule has 122 valence electrons. The number of anilines is 1. The first-order chi connectivity index (χ1) is 10.6. The number of carbonyl (C=O) groups is 1. The minimum Gasteiger partial charge on any atom is -0.493 e. The molecular weight excluding hydrogens is 284 g/mol. The van der Waals surface area contributed by atoms with Crippen LogP contribution in [0.2, 0.25) is 0 Å². The second-order valence-electron chi connectivity index (χ2n) is 5.52. The lowest BCUT2D eigenvalue weighted by Gasteiger charge is -2.22. The van der Waals surface area contributed by atoms with Crippen molar-refractivity contribution in [1.29, 1.82) is 0 Å². The highest BCUT2D eigenvalue weighted by molar-refractivity contribution is 5.98. The zero-order valence-electron chi connectivity index (χ0n) is 13.2. The fourth-order valence-electron chi connectivity index (χ4n) is 2.59. The molecule has 6 heteroatoms. The van der Waals surface area contributed by atoms with Crippen LogP contribution in [-0.2, 0) is 9.53 Å². The van der Waals surface area contributed by atoms with E-state index < -0.39 is 5.54 Å². The second kappa shape index (κ2) is 7.47. The van der Waals surface area contributed by atoms with Gasteiger partial charge in [-0.3, -0.25) is 4.79 Å². The Morgan fingerprint density at radius 3 is 2.59 bits per heavy atom. The molecule has 1 fully saturated rings. The van der Waals surface area contributed by atoms with Crippen molar-refractivity contribution in [3.63, 3.8) is 0 Å². The van der Waals surface area contributed by atoms with E-state index >= 15 is 0 Å². The lowest BCUT2D eigenvalue weighted by Crippen LogP contribution is -2.48. The molecule has 0 heterocycles. The number of carbonyl (C=O) groups excluding carboxylic acids is 1. The van der Waals surface area contributed by atoms with Crippen molar-refractivity contribution in [2.24, 2.45) is 5.73 Å². The van der Waals surface area contributed by atoms with Gasteiger partial charge in [-0.25, -0.2) is 0 Å². The third-order valence-electron chi connectivity index (χ3n) is 3.91. The molecule has 0 aliphatic heterocycles. The summed E-state index contributed by atoms with van der Waals surface area (Å²) in [4.78, 5) is 12.3. The zero-order chi connectivity index (χ0) is 16.0. The molecule has 1 saturated carbocycles. The first-order valence-corrected chi connectivity index (χ1v) is 7.49. The highest BCUT2D eigenvalue weighted by Crippen LogP contribution is 2.32. The Hall–Kier alpha value is -1.79. The van der Waals surface area contributed by atoms with Crippen LogP contribution in [0.4, 0.5) is 5.69 Å². The van der Waals surface area contributed by atoms with Gasteiger partial charge in [0.25, 0.3) is 0 Å². The Kier molecular flexibility index (Phi) is 5.63. The molecule has 3 N–H and O–H groups in total. The summed E-state index contributed by atoms with van der Waals surface area (Å²) in [6.07, 6.45) is 3.45. The van der Waals surface area contributed by atoms with E-state index in [0.717, 1.165) is 25.7 Å². The molecule has 1 aromatic rings. The lowest BCUT2D eigenvalue weighted by atomic mass is 9.98. The molecule has 0 radical (unpaired) electrons. The molecule has 1 aliphatic carbocycles. The molecule has 0 aromatic heterocycles. The molecule has 6 nitrogen and oxygen atoms in total. The van der Waals surface area contributed by atoms with Crippen LogP contribution in [0.25, 0.3) is 0 Å². The number of rotatable bonds is 7. The third-order valence-corrected chi connectivity index (χ3v) is 3.91. The smallest absolute Gasteiger partial charge is 0.244 e. The molecule has 22 heavy (non-hydrogen) atoms. The average Bonchev–Trinajstić information content (AvgIpc) is 2.96. The monoisotopic (exact) mass is 308 g/mol. The Morgan fingerprint density at radius 1 is 1.23 bits per heavy atom. The number of nitrogens with one attached hydrogen (secondary N) is 1. The summed E-state index contributed by atoms with van der Waals surface area (Å²) in [5.41, 5.74) is 6.05. The van der Waals surface area contributed by atoms with Crippen molar-refractivity contribution >= 4 is 11.6 Å². The van der Waals surface area contributed by atoms with E-state index in [-0.39, 0.29) is 5.91 Å². The van der Waals surface area contributed by atoms with Gasteiger partial charge in [-0.05, 0) is 25.0 Å². The van der Waals surface area contributed by atoms with Crippen LogP contribution < -0.4 is 20.5 Å².